The standard InChI is InChI=1S/C14H14N2O2/c1-16-10-12(9-15-16)13(17)8-7-11-5-3-4-6-14(11)18-2/h3-10H,1-2H3/b8-7-. The highest BCUT2D eigenvalue weighted by atomic mass is 16.5. The summed E-state index contributed by atoms with van der Waals surface area (Å²) in [6.45, 7) is 0. The van der Waals surface area contributed by atoms with Crippen molar-refractivity contribution in [2.24, 2.45) is 7.05 Å². The van der Waals surface area contributed by atoms with Gasteiger partial charge in [0.15, 0.2) is 5.78 Å². The van der Waals surface area contributed by atoms with Crippen molar-refractivity contribution in [3.63, 3.8) is 0 Å². The number of carbonyl (C=O) groups excluding carboxylic acids is 1. The first-order valence-corrected chi connectivity index (χ1v) is 5.55. The summed E-state index contributed by atoms with van der Waals surface area (Å²) >= 11 is 0. The zero-order valence-electron chi connectivity index (χ0n) is 10.3. The minimum absolute atomic E-state index is 0.0750. The van der Waals surface area contributed by atoms with E-state index in [-0.39, 0.29) is 5.78 Å². The summed E-state index contributed by atoms with van der Waals surface area (Å²) in [5, 5.41) is 3.96. The molecule has 0 spiro atoms. The predicted molar refractivity (Wildman–Crippen MR) is 69.6 cm³/mol. The summed E-state index contributed by atoms with van der Waals surface area (Å²) < 4.78 is 6.81. The molecule has 0 aliphatic rings. The van der Waals surface area contributed by atoms with E-state index in [0.29, 0.717) is 5.56 Å². The number of rotatable bonds is 4. The van der Waals surface area contributed by atoms with E-state index in [1.807, 2.05) is 24.3 Å². The maximum atomic E-state index is 11.9. The lowest BCUT2D eigenvalue weighted by atomic mass is 10.1. The molecule has 0 atom stereocenters. The van der Waals surface area contributed by atoms with Gasteiger partial charge in [0.25, 0.3) is 0 Å². The third-order valence-electron chi connectivity index (χ3n) is 2.54. The fourth-order valence-electron chi connectivity index (χ4n) is 1.61. The zero-order valence-corrected chi connectivity index (χ0v) is 10.3. The van der Waals surface area contributed by atoms with E-state index in [9.17, 15) is 4.79 Å². The largest absolute Gasteiger partial charge is 0.496 e. The average Bonchev–Trinajstić information content (AvgIpc) is 2.83. The first kappa shape index (κ1) is 12.1. The van der Waals surface area contributed by atoms with E-state index in [2.05, 4.69) is 5.10 Å². The van der Waals surface area contributed by atoms with Crippen LogP contribution >= 0.6 is 0 Å². The number of ketones is 1. The molecule has 0 N–H and O–H groups in total. The Bertz CT molecular complexity index is 585. The Morgan fingerprint density at radius 1 is 1.39 bits per heavy atom. The zero-order chi connectivity index (χ0) is 13.0. The van der Waals surface area contributed by atoms with Gasteiger partial charge in [-0.2, -0.15) is 5.10 Å². The summed E-state index contributed by atoms with van der Waals surface area (Å²) in [5.74, 6) is 0.668. The van der Waals surface area contributed by atoms with Gasteiger partial charge in [-0.1, -0.05) is 18.2 Å². The molecule has 0 aliphatic heterocycles. The van der Waals surface area contributed by atoms with Crippen molar-refractivity contribution < 1.29 is 9.53 Å². The van der Waals surface area contributed by atoms with Gasteiger partial charge in [-0.05, 0) is 18.2 Å². The summed E-state index contributed by atoms with van der Waals surface area (Å²) in [5.41, 5.74) is 1.45. The molecule has 4 heteroatoms. The van der Waals surface area contributed by atoms with Crippen LogP contribution in [0.3, 0.4) is 0 Å². The van der Waals surface area contributed by atoms with Crippen LogP contribution in [0.1, 0.15) is 15.9 Å². The van der Waals surface area contributed by atoms with Gasteiger partial charge in [-0.25, -0.2) is 0 Å². The second kappa shape index (κ2) is 5.31. The number of aromatic nitrogens is 2. The highest BCUT2D eigenvalue weighted by molar-refractivity contribution is 6.06. The van der Waals surface area contributed by atoms with Crippen LogP contribution in [0.25, 0.3) is 6.08 Å². The Morgan fingerprint density at radius 3 is 2.83 bits per heavy atom. The fraction of sp³-hybridized carbons (Fsp3) is 0.143. The predicted octanol–water partition coefficient (Wildman–Crippen LogP) is 2.32. The molecular weight excluding hydrogens is 228 g/mol. The van der Waals surface area contributed by atoms with E-state index in [0.717, 1.165) is 11.3 Å². The van der Waals surface area contributed by atoms with Crippen molar-refractivity contribution in [2.75, 3.05) is 7.11 Å². The SMILES string of the molecule is COc1ccccc1/C=C\C(=O)c1cnn(C)c1. The van der Waals surface area contributed by atoms with Crippen LogP contribution in [0, 0.1) is 0 Å². The molecule has 0 saturated carbocycles. The van der Waals surface area contributed by atoms with Gasteiger partial charge >= 0.3 is 0 Å². The van der Waals surface area contributed by atoms with Crippen LogP contribution in [0.15, 0.2) is 42.7 Å². The van der Waals surface area contributed by atoms with Crippen LogP contribution < -0.4 is 4.74 Å². The van der Waals surface area contributed by atoms with Crippen LogP contribution in [-0.4, -0.2) is 22.7 Å². The molecule has 2 aromatic rings. The van der Waals surface area contributed by atoms with Crippen molar-refractivity contribution in [2.45, 2.75) is 0 Å². The number of carbonyl (C=O) groups is 1. The van der Waals surface area contributed by atoms with Gasteiger partial charge in [-0.3, -0.25) is 9.48 Å². The Morgan fingerprint density at radius 2 is 2.17 bits per heavy atom. The molecule has 0 fully saturated rings. The molecule has 1 aromatic carbocycles. The van der Waals surface area contributed by atoms with Crippen LogP contribution in [0.2, 0.25) is 0 Å². The number of allylic oxidation sites excluding steroid dienone is 1. The fourth-order valence-corrected chi connectivity index (χ4v) is 1.61. The van der Waals surface area contributed by atoms with Crippen LogP contribution in [-0.2, 0) is 7.05 Å². The number of aryl methyl sites for hydroxylation is 1. The maximum absolute atomic E-state index is 11.9. The average molecular weight is 242 g/mol. The molecule has 0 radical (unpaired) electrons. The summed E-state index contributed by atoms with van der Waals surface area (Å²) in [4.78, 5) is 11.9. The Hall–Kier alpha value is -2.36. The summed E-state index contributed by atoms with van der Waals surface area (Å²) in [6, 6.07) is 7.54. The minimum atomic E-state index is -0.0750. The van der Waals surface area contributed by atoms with Crippen molar-refractivity contribution in [3.8, 4) is 5.75 Å². The maximum Gasteiger partial charge on any atom is 0.189 e. The Labute approximate surface area is 106 Å². The molecule has 2 rings (SSSR count). The minimum Gasteiger partial charge on any atom is -0.496 e. The van der Waals surface area contributed by atoms with E-state index in [1.165, 1.54) is 6.08 Å². The molecule has 0 amide bonds. The molecule has 92 valence electrons. The molecular formula is C14H14N2O2. The topological polar surface area (TPSA) is 44.1 Å². The molecule has 0 unspecified atom stereocenters. The van der Waals surface area contributed by atoms with Crippen molar-refractivity contribution >= 4 is 11.9 Å². The van der Waals surface area contributed by atoms with Crippen molar-refractivity contribution in [1.29, 1.82) is 0 Å². The monoisotopic (exact) mass is 242 g/mol. The van der Waals surface area contributed by atoms with E-state index in [4.69, 9.17) is 4.74 Å². The molecule has 0 saturated heterocycles. The number of ether oxygens (including phenoxy) is 1. The Kier molecular flexibility index (Phi) is 3.57. The highest BCUT2D eigenvalue weighted by Gasteiger charge is 2.04. The second-order valence-electron chi connectivity index (χ2n) is 3.84. The number of para-hydroxylation sites is 1. The molecule has 1 aromatic heterocycles. The molecule has 0 bridgehead atoms. The number of benzene rings is 1. The first-order chi connectivity index (χ1) is 8.70. The normalized spacial score (nSPS) is 10.8. The smallest absolute Gasteiger partial charge is 0.189 e. The lowest BCUT2D eigenvalue weighted by Gasteiger charge is -2.02. The third-order valence-corrected chi connectivity index (χ3v) is 2.54. The van der Waals surface area contributed by atoms with Gasteiger partial charge in [0.2, 0.25) is 0 Å². The lowest BCUT2D eigenvalue weighted by Crippen LogP contribution is -1.92. The van der Waals surface area contributed by atoms with Gasteiger partial charge in [0.1, 0.15) is 5.75 Å². The van der Waals surface area contributed by atoms with E-state index in [1.54, 1.807) is 37.3 Å². The number of hydrogen-bond acceptors (Lipinski definition) is 3. The molecule has 4 nitrogen and oxygen atoms in total. The summed E-state index contributed by atoms with van der Waals surface area (Å²) in [6.07, 6.45) is 6.51. The number of methoxy groups -OCH3 is 1. The third kappa shape index (κ3) is 2.66. The lowest BCUT2D eigenvalue weighted by molar-refractivity contribution is 0.104. The van der Waals surface area contributed by atoms with Gasteiger partial charge < -0.3 is 4.74 Å². The summed E-state index contributed by atoms with van der Waals surface area (Å²) in [7, 11) is 3.39. The molecule has 18 heavy (non-hydrogen) atoms. The first-order valence-electron chi connectivity index (χ1n) is 5.55. The highest BCUT2D eigenvalue weighted by Crippen LogP contribution is 2.18. The second-order valence-corrected chi connectivity index (χ2v) is 3.84. The van der Waals surface area contributed by atoms with Gasteiger partial charge in [-0.15, -0.1) is 0 Å². The van der Waals surface area contributed by atoms with Crippen LogP contribution in [0.4, 0.5) is 0 Å². The Balaban J connectivity index is 2.18. The quantitative estimate of drug-likeness (QED) is 0.610. The molecule has 0 aliphatic carbocycles. The van der Waals surface area contributed by atoms with Crippen LogP contribution in [0.5, 0.6) is 5.75 Å². The number of nitrogens with zero attached hydrogens (tertiary/aromatic N) is 2. The molecule has 1 heterocycles. The van der Waals surface area contributed by atoms with E-state index < -0.39 is 0 Å². The number of hydrogen-bond donors (Lipinski definition) is 0. The van der Waals surface area contributed by atoms with Gasteiger partial charge in [0, 0.05) is 18.8 Å². The van der Waals surface area contributed by atoms with E-state index >= 15 is 0 Å². The van der Waals surface area contributed by atoms with Gasteiger partial charge in [0.05, 0.1) is 18.9 Å². The van der Waals surface area contributed by atoms with Crippen molar-refractivity contribution in [1.82, 2.24) is 9.78 Å². The van der Waals surface area contributed by atoms with Crippen molar-refractivity contribution in [3.05, 3.63) is 53.9 Å².